The Morgan fingerprint density at radius 3 is 1.61 bits per heavy atom. The number of esters is 5. The monoisotopic (exact) mass is 790 g/mol. The van der Waals surface area contributed by atoms with E-state index in [0.29, 0.717) is 29.1 Å². The summed E-state index contributed by atoms with van der Waals surface area (Å²) in [6, 6.07) is 24.4. The fraction of sp³-hybridized carbons (Fsp3) is 0.214. The third kappa shape index (κ3) is 13.7. The zero-order valence-electron chi connectivity index (χ0n) is 30.6. The van der Waals surface area contributed by atoms with Crippen LogP contribution in [0.5, 0.6) is 23.0 Å². The number of hydrogen-bond donors (Lipinski definition) is 0. The zero-order chi connectivity index (χ0) is 41.4. The molecule has 0 amide bonds. The molecular weight excluding hydrogens is 753 g/mol. The lowest BCUT2D eigenvalue weighted by atomic mass is 10.1. The van der Waals surface area contributed by atoms with Crippen LogP contribution in [-0.2, 0) is 30.4 Å². The molecule has 15 heteroatoms. The second-order valence-electron chi connectivity index (χ2n) is 12.0. The topological polar surface area (TPSA) is 150 Å². The summed E-state index contributed by atoms with van der Waals surface area (Å²) >= 11 is 0. The van der Waals surface area contributed by atoms with Crippen molar-refractivity contribution in [3.05, 3.63) is 144 Å². The largest absolute Gasteiger partial charge is 0.493 e. The number of alkyl halides is 3. The summed E-state index contributed by atoms with van der Waals surface area (Å²) in [6.45, 7) is 7.70. The van der Waals surface area contributed by atoms with Crippen molar-refractivity contribution in [3.63, 3.8) is 0 Å². The minimum Gasteiger partial charge on any atom is -0.493 e. The number of carbonyl (C=O) groups is 5. The van der Waals surface area contributed by atoms with Gasteiger partial charge in [-0.05, 0) is 79.2 Å². The van der Waals surface area contributed by atoms with Crippen LogP contribution in [0.1, 0.15) is 56.4 Å². The average molecular weight is 791 g/mol. The Hall–Kier alpha value is -6.90. The molecule has 0 saturated carbocycles. The molecule has 0 aliphatic carbocycles. The molecule has 0 aliphatic rings. The number of benzene rings is 4. The van der Waals surface area contributed by atoms with Gasteiger partial charge >= 0.3 is 36.0 Å². The van der Waals surface area contributed by atoms with Crippen LogP contribution in [0, 0.1) is 0 Å². The fourth-order valence-corrected chi connectivity index (χ4v) is 4.47. The molecule has 0 bridgehead atoms. The molecule has 0 aliphatic heterocycles. The van der Waals surface area contributed by atoms with E-state index < -0.39 is 41.6 Å². The molecule has 4 aromatic carbocycles. The predicted molar refractivity (Wildman–Crippen MR) is 197 cm³/mol. The van der Waals surface area contributed by atoms with Crippen LogP contribution in [0.15, 0.2) is 121 Å². The Morgan fingerprint density at radius 2 is 1.09 bits per heavy atom. The highest BCUT2D eigenvalue weighted by atomic mass is 19.4. The van der Waals surface area contributed by atoms with Gasteiger partial charge in [-0.25, -0.2) is 24.0 Å². The van der Waals surface area contributed by atoms with E-state index in [1.807, 2.05) is 0 Å². The molecule has 0 heterocycles. The highest BCUT2D eigenvalue weighted by Gasteiger charge is 2.37. The molecule has 0 saturated heterocycles. The van der Waals surface area contributed by atoms with Crippen molar-refractivity contribution in [3.8, 4) is 23.0 Å². The van der Waals surface area contributed by atoms with Gasteiger partial charge in [0.25, 0.3) is 0 Å². The van der Waals surface area contributed by atoms with E-state index in [9.17, 15) is 37.1 Å². The van der Waals surface area contributed by atoms with Gasteiger partial charge in [0.15, 0.2) is 0 Å². The minimum atomic E-state index is -4.89. The molecule has 0 aromatic heterocycles. The number of hydrogen-bond acceptors (Lipinski definition) is 12. The van der Waals surface area contributed by atoms with E-state index in [2.05, 4.69) is 17.9 Å². The summed E-state index contributed by atoms with van der Waals surface area (Å²) in [7, 11) is 0. The Bertz CT molecular complexity index is 2060. The summed E-state index contributed by atoms with van der Waals surface area (Å²) < 4.78 is 74.8. The smallest absolute Gasteiger partial charge is 0.422 e. The summed E-state index contributed by atoms with van der Waals surface area (Å²) in [6.07, 6.45) is -4.37. The molecule has 0 unspecified atom stereocenters. The molecule has 0 fully saturated rings. The standard InChI is InChI=1S/C42H37F3O12/c1-27(2)37(46)53-23-7-21-51-32-15-11-30(12-16-32)39(48)56-34-19-20-36(35(25-34)41(50)55-26-29-9-5-4-6-10-29)57-40(49)31-13-17-33(18-14-31)52-22-8-24-54-38(47)28(3)42(43,44)45/h4-6,9-20,25H,1,3,7-8,21-24,26H2,2H3. The zero-order valence-corrected chi connectivity index (χ0v) is 30.6. The van der Waals surface area contributed by atoms with Crippen LogP contribution in [0.2, 0.25) is 0 Å². The Kier molecular flexibility index (Phi) is 15.5. The quantitative estimate of drug-likeness (QED) is 0.0300. The number of carbonyl (C=O) groups excluding carboxylic acids is 5. The first-order valence-corrected chi connectivity index (χ1v) is 17.2. The Balaban J connectivity index is 1.36. The lowest BCUT2D eigenvalue weighted by Crippen LogP contribution is -2.21. The molecule has 0 spiro atoms. The molecule has 4 aromatic rings. The molecule has 0 atom stereocenters. The van der Waals surface area contributed by atoms with Crippen LogP contribution < -0.4 is 18.9 Å². The van der Waals surface area contributed by atoms with Crippen LogP contribution in [0.3, 0.4) is 0 Å². The van der Waals surface area contributed by atoms with Gasteiger partial charge in [-0.2, -0.15) is 13.2 Å². The van der Waals surface area contributed by atoms with E-state index >= 15 is 0 Å². The third-order valence-corrected chi connectivity index (χ3v) is 7.50. The molecule has 298 valence electrons. The van der Waals surface area contributed by atoms with Crippen molar-refractivity contribution in [1.82, 2.24) is 0 Å². The lowest BCUT2D eigenvalue weighted by molar-refractivity contribution is -0.150. The maximum Gasteiger partial charge on any atom is 0.422 e. The lowest BCUT2D eigenvalue weighted by Gasteiger charge is -2.13. The summed E-state index contributed by atoms with van der Waals surface area (Å²) in [4.78, 5) is 62.3. The van der Waals surface area contributed by atoms with Gasteiger partial charge in [-0.3, -0.25) is 0 Å². The van der Waals surface area contributed by atoms with E-state index in [1.165, 1.54) is 54.6 Å². The van der Waals surface area contributed by atoms with E-state index in [4.69, 9.17) is 28.4 Å². The molecular formula is C42H37F3O12. The van der Waals surface area contributed by atoms with Gasteiger partial charge in [0, 0.05) is 18.4 Å². The Labute approximate surface area is 325 Å². The highest BCUT2D eigenvalue weighted by Crippen LogP contribution is 2.28. The summed E-state index contributed by atoms with van der Waals surface area (Å²) in [5.41, 5.74) is -0.581. The van der Waals surface area contributed by atoms with Gasteiger partial charge in [0.05, 0.1) is 37.6 Å². The van der Waals surface area contributed by atoms with Gasteiger partial charge in [-0.15, -0.1) is 0 Å². The van der Waals surface area contributed by atoms with E-state index in [-0.39, 0.29) is 67.6 Å². The summed E-state index contributed by atoms with van der Waals surface area (Å²) in [5, 5.41) is 0. The highest BCUT2D eigenvalue weighted by molar-refractivity contribution is 5.97. The summed E-state index contributed by atoms with van der Waals surface area (Å²) in [5.74, 6) is -3.99. The minimum absolute atomic E-state index is 0.0154. The SMILES string of the molecule is C=C(C)C(=O)OCCCOc1ccc(C(=O)Oc2ccc(OC(=O)c3ccc(OCCCOC(=O)C(=C)C(F)(F)F)cc3)c(C(=O)OCc3ccccc3)c2)cc1. The number of rotatable bonds is 19. The van der Waals surface area contributed by atoms with Crippen LogP contribution in [0.25, 0.3) is 0 Å². The molecule has 0 N–H and O–H groups in total. The van der Waals surface area contributed by atoms with Crippen molar-refractivity contribution in [2.45, 2.75) is 32.5 Å². The van der Waals surface area contributed by atoms with Crippen molar-refractivity contribution < 1.29 is 70.3 Å². The normalized spacial score (nSPS) is 10.7. The van der Waals surface area contributed by atoms with Gasteiger partial charge in [0.2, 0.25) is 0 Å². The van der Waals surface area contributed by atoms with Crippen LogP contribution in [-0.4, -0.2) is 62.5 Å². The van der Waals surface area contributed by atoms with Gasteiger partial charge in [0.1, 0.15) is 40.7 Å². The third-order valence-electron chi connectivity index (χ3n) is 7.50. The average Bonchev–Trinajstić information content (AvgIpc) is 3.20. The van der Waals surface area contributed by atoms with Gasteiger partial charge in [-0.1, -0.05) is 43.5 Å². The predicted octanol–water partition coefficient (Wildman–Crippen LogP) is 7.80. The number of ether oxygens (including phenoxy) is 7. The van der Waals surface area contributed by atoms with E-state index in [1.54, 1.807) is 49.4 Å². The molecule has 4 rings (SSSR count). The molecule has 12 nitrogen and oxygen atoms in total. The van der Waals surface area contributed by atoms with Crippen molar-refractivity contribution in [1.29, 1.82) is 0 Å². The van der Waals surface area contributed by atoms with E-state index in [0.717, 1.165) is 0 Å². The first-order valence-electron chi connectivity index (χ1n) is 17.2. The first-order chi connectivity index (χ1) is 27.2. The van der Waals surface area contributed by atoms with Crippen molar-refractivity contribution in [2.24, 2.45) is 0 Å². The fourth-order valence-electron chi connectivity index (χ4n) is 4.47. The molecule has 0 radical (unpaired) electrons. The second kappa shape index (κ2) is 20.7. The maximum atomic E-state index is 13.3. The first kappa shape index (κ1) is 42.8. The number of halogens is 3. The maximum absolute atomic E-state index is 13.3. The molecule has 57 heavy (non-hydrogen) atoms. The van der Waals surface area contributed by atoms with Crippen LogP contribution in [0.4, 0.5) is 13.2 Å². The second-order valence-corrected chi connectivity index (χ2v) is 12.0. The van der Waals surface area contributed by atoms with Crippen LogP contribution >= 0.6 is 0 Å². The van der Waals surface area contributed by atoms with Crippen molar-refractivity contribution >= 4 is 29.8 Å². The Morgan fingerprint density at radius 1 is 0.579 bits per heavy atom. The van der Waals surface area contributed by atoms with Gasteiger partial charge < -0.3 is 33.2 Å². The van der Waals surface area contributed by atoms with Crippen molar-refractivity contribution in [2.75, 3.05) is 26.4 Å².